The fourth-order valence-corrected chi connectivity index (χ4v) is 4.33. The Labute approximate surface area is 158 Å². The van der Waals surface area contributed by atoms with Crippen molar-refractivity contribution in [3.63, 3.8) is 0 Å². The summed E-state index contributed by atoms with van der Waals surface area (Å²) in [5.74, 6) is 0.549. The number of carbonyl (C=O) groups excluding carboxylic acids is 1. The maximum absolute atomic E-state index is 13.1. The van der Waals surface area contributed by atoms with Crippen molar-refractivity contribution in [3.8, 4) is 11.1 Å². The first-order valence-electron chi connectivity index (χ1n) is 9.50. The number of nitrogens with zero attached hydrogens (tertiary/aromatic N) is 3. The first kappa shape index (κ1) is 17.6. The summed E-state index contributed by atoms with van der Waals surface area (Å²) in [5.41, 5.74) is 2.97. The number of benzene rings is 1. The average Bonchev–Trinajstić information content (AvgIpc) is 3.34. The van der Waals surface area contributed by atoms with Crippen LogP contribution in [0.2, 0.25) is 0 Å². The summed E-state index contributed by atoms with van der Waals surface area (Å²) in [5, 5.41) is 16.4. The van der Waals surface area contributed by atoms with Crippen LogP contribution in [0.3, 0.4) is 0 Å². The molecule has 1 aliphatic heterocycles. The highest BCUT2D eigenvalue weighted by Gasteiger charge is 2.36. The summed E-state index contributed by atoms with van der Waals surface area (Å²) in [6, 6.07) is 5.41. The normalized spacial score (nSPS) is 20.0. The van der Waals surface area contributed by atoms with Crippen LogP contribution >= 0.6 is 0 Å². The molecule has 142 valence electrons. The Hall–Kier alpha value is -2.83. The number of aromatic amines is 1. The van der Waals surface area contributed by atoms with Gasteiger partial charge in [0.1, 0.15) is 0 Å². The molecule has 1 fully saturated rings. The largest absolute Gasteiger partial charge is 0.465 e. The highest BCUT2D eigenvalue weighted by Crippen LogP contribution is 2.40. The number of carbonyl (C=O) groups is 2. The van der Waals surface area contributed by atoms with Gasteiger partial charge in [-0.2, -0.15) is 5.10 Å². The van der Waals surface area contributed by atoms with Crippen LogP contribution in [0, 0.1) is 5.92 Å². The summed E-state index contributed by atoms with van der Waals surface area (Å²) < 4.78 is 0. The minimum absolute atomic E-state index is 0.0942. The minimum atomic E-state index is -1.00. The summed E-state index contributed by atoms with van der Waals surface area (Å²) in [6.07, 6.45) is 7.62. The van der Waals surface area contributed by atoms with E-state index in [9.17, 15) is 14.7 Å². The van der Waals surface area contributed by atoms with Gasteiger partial charge in [-0.15, -0.1) is 0 Å². The standard InChI is InChI=1S/C20H24N4O3/c1-13-12-23(20(26)27)18-9-15(16-10-21-22-11-16)6-7-17(18)24(13)19(25)8-14-4-2-3-5-14/h6-7,9-11,13-14H,2-5,8,12H2,1H3,(H,21,22)(H,26,27)/t13-/m0/s1. The Morgan fingerprint density at radius 3 is 2.67 bits per heavy atom. The van der Waals surface area contributed by atoms with Crippen molar-refractivity contribution in [2.75, 3.05) is 16.3 Å². The number of nitrogens with one attached hydrogen (secondary N) is 1. The number of anilines is 2. The maximum Gasteiger partial charge on any atom is 0.411 e. The van der Waals surface area contributed by atoms with Crippen molar-refractivity contribution in [1.29, 1.82) is 0 Å². The molecule has 0 bridgehead atoms. The third-order valence-electron chi connectivity index (χ3n) is 5.68. The molecule has 2 heterocycles. The number of H-pyrrole nitrogens is 1. The Morgan fingerprint density at radius 1 is 1.22 bits per heavy atom. The molecule has 1 atom stereocenters. The third-order valence-corrected chi connectivity index (χ3v) is 5.68. The van der Waals surface area contributed by atoms with Gasteiger partial charge < -0.3 is 10.0 Å². The summed E-state index contributed by atoms with van der Waals surface area (Å²) >= 11 is 0. The quantitative estimate of drug-likeness (QED) is 0.860. The molecule has 1 aromatic carbocycles. The van der Waals surface area contributed by atoms with Crippen molar-refractivity contribution in [3.05, 3.63) is 30.6 Å². The van der Waals surface area contributed by atoms with Gasteiger partial charge in [0, 0.05) is 24.7 Å². The molecule has 27 heavy (non-hydrogen) atoms. The van der Waals surface area contributed by atoms with E-state index in [2.05, 4.69) is 10.2 Å². The molecule has 2 aromatic rings. The number of amides is 2. The fourth-order valence-electron chi connectivity index (χ4n) is 4.33. The Balaban J connectivity index is 1.71. The van der Waals surface area contributed by atoms with Crippen LogP contribution in [0.25, 0.3) is 11.1 Å². The van der Waals surface area contributed by atoms with Crippen molar-refractivity contribution >= 4 is 23.4 Å². The zero-order valence-corrected chi connectivity index (χ0v) is 15.4. The first-order chi connectivity index (χ1) is 13.0. The zero-order valence-electron chi connectivity index (χ0n) is 15.4. The van der Waals surface area contributed by atoms with Crippen LogP contribution in [0.15, 0.2) is 30.6 Å². The van der Waals surface area contributed by atoms with Crippen LogP contribution in [0.5, 0.6) is 0 Å². The van der Waals surface area contributed by atoms with Crippen LogP contribution in [0.4, 0.5) is 16.2 Å². The first-order valence-corrected chi connectivity index (χ1v) is 9.50. The Morgan fingerprint density at radius 2 is 2.00 bits per heavy atom. The second-order valence-corrected chi connectivity index (χ2v) is 7.55. The lowest BCUT2D eigenvalue weighted by atomic mass is 9.99. The van der Waals surface area contributed by atoms with Gasteiger partial charge in [0.2, 0.25) is 5.91 Å². The maximum atomic E-state index is 13.1. The van der Waals surface area contributed by atoms with Gasteiger partial charge in [-0.3, -0.25) is 14.8 Å². The van der Waals surface area contributed by atoms with E-state index in [1.807, 2.05) is 25.1 Å². The molecular formula is C20H24N4O3. The summed E-state index contributed by atoms with van der Waals surface area (Å²) in [6.45, 7) is 2.18. The van der Waals surface area contributed by atoms with E-state index in [1.54, 1.807) is 17.3 Å². The molecule has 1 aromatic heterocycles. The van der Waals surface area contributed by atoms with Crippen LogP contribution in [-0.4, -0.2) is 39.9 Å². The molecule has 0 radical (unpaired) electrons. The van der Waals surface area contributed by atoms with E-state index in [1.165, 1.54) is 17.7 Å². The number of carboxylic acid groups (broad SMARTS) is 1. The lowest BCUT2D eigenvalue weighted by Crippen LogP contribution is -2.52. The van der Waals surface area contributed by atoms with E-state index >= 15 is 0 Å². The van der Waals surface area contributed by atoms with E-state index in [0.717, 1.165) is 24.0 Å². The predicted molar refractivity (Wildman–Crippen MR) is 103 cm³/mol. The highest BCUT2D eigenvalue weighted by atomic mass is 16.4. The summed E-state index contributed by atoms with van der Waals surface area (Å²) in [7, 11) is 0. The minimum Gasteiger partial charge on any atom is -0.465 e. The SMILES string of the molecule is C[C@H]1CN(C(=O)O)c2cc(-c3cn[nH]c3)ccc2N1C(=O)CC1CCCC1. The topological polar surface area (TPSA) is 89.5 Å². The Kier molecular flexibility index (Phi) is 4.59. The van der Waals surface area contributed by atoms with E-state index < -0.39 is 6.09 Å². The van der Waals surface area contributed by atoms with Gasteiger partial charge in [0.25, 0.3) is 0 Å². The molecule has 7 nitrogen and oxygen atoms in total. The average molecular weight is 368 g/mol. The zero-order chi connectivity index (χ0) is 19.0. The second-order valence-electron chi connectivity index (χ2n) is 7.55. The molecule has 7 heteroatoms. The van der Waals surface area contributed by atoms with Gasteiger partial charge in [-0.05, 0) is 43.4 Å². The van der Waals surface area contributed by atoms with Crippen molar-refractivity contribution in [2.24, 2.45) is 5.92 Å². The number of hydrogen-bond donors (Lipinski definition) is 2. The molecule has 4 rings (SSSR count). The molecule has 2 amide bonds. The molecule has 2 aliphatic rings. The van der Waals surface area contributed by atoms with E-state index in [4.69, 9.17) is 0 Å². The number of fused-ring (bicyclic) bond motifs is 1. The molecule has 0 saturated heterocycles. The van der Waals surface area contributed by atoms with Crippen LogP contribution in [0.1, 0.15) is 39.0 Å². The van der Waals surface area contributed by atoms with Crippen molar-refractivity contribution in [1.82, 2.24) is 10.2 Å². The predicted octanol–water partition coefficient (Wildman–Crippen LogP) is 3.88. The van der Waals surface area contributed by atoms with Gasteiger partial charge >= 0.3 is 6.09 Å². The third kappa shape index (κ3) is 3.29. The molecule has 2 N–H and O–H groups in total. The van der Waals surface area contributed by atoms with Crippen LogP contribution < -0.4 is 9.80 Å². The van der Waals surface area contributed by atoms with Gasteiger partial charge in [-0.25, -0.2) is 4.79 Å². The molecule has 0 unspecified atom stereocenters. The van der Waals surface area contributed by atoms with Crippen LogP contribution in [-0.2, 0) is 4.79 Å². The van der Waals surface area contributed by atoms with Gasteiger partial charge in [-0.1, -0.05) is 18.9 Å². The smallest absolute Gasteiger partial charge is 0.411 e. The number of rotatable bonds is 3. The Bertz CT molecular complexity index is 843. The van der Waals surface area contributed by atoms with E-state index in [-0.39, 0.29) is 18.5 Å². The number of hydrogen-bond acceptors (Lipinski definition) is 3. The lowest BCUT2D eigenvalue weighted by Gasteiger charge is -2.40. The highest BCUT2D eigenvalue weighted by molar-refractivity contribution is 6.03. The monoisotopic (exact) mass is 368 g/mol. The second kappa shape index (κ2) is 7.06. The molecule has 0 spiro atoms. The molecule has 1 aliphatic carbocycles. The van der Waals surface area contributed by atoms with E-state index in [0.29, 0.717) is 23.7 Å². The van der Waals surface area contributed by atoms with Crippen molar-refractivity contribution in [2.45, 2.75) is 45.1 Å². The lowest BCUT2D eigenvalue weighted by molar-refractivity contribution is -0.119. The van der Waals surface area contributed by atoms with Crippen molar-refractivity contribution < 1.29 is 14.7 Å². The summed E-state index contributed by atoms with van der Waals surface area (Å²) in [4.78, 5) is 28.0. The molecule has 1 saturated carbocycles. The van der Waals surface area contributed by atoms with Gasteiger partial charge in [0.05, 0.1) is 23.6 Å². The van der Waals surface area contributed by atoms with Gasteiger partial charge in [0.15, 0.2) is 0 Å². The number of aromatic nitrogens is 2. The molecular weight excluding hydrogens is 344 g/mol. The fraction of sp³-hybridized carbons (Fsp3) is 0.450.